The topological polar surface area (TPSA) is 101 Å². The van der Waals surface area contributed by atoms with E-state index in [1.165, 1.54) is 10.7 Å². The Morgan fingerprint density at radius 3 is 2.83 bits per heavy atom. The predicted octanol–water partition coefficient (Wildman–Crippen LogP) is 2.94. The molecule has 0 aliphatic rings. The van der Waals surface area contributed by atoms with Crippen LogP contribution >= 0.6 is 0 Å². The summed E-state index contributed by atoms with van der Waals surface area (Å²) in [5.41, 5.74) is 3.57. The van der Waals surface area contributed by atoms with Gasteiger partial charge in [0, 0.05) is 17.3 Å². The van der Waals surface area contributed by atoms with Gasteiger partial charge in [0.2, 0.25) is 0 Å². The van der Waals surface area contributed by atoms with Crippen LogP contribution in [0.1, 0.15) is 36.5 Å². The van der Waals surface area contributed by atoms with Crippen molar-refractivity contribution in [1.29, 1.82) is 5.26 Å². The first kappa shape index (κ1) is 18.5. The number of fused-ring (bicyclic) bond motifs is 1. The average Bonchev–Trinajstić information content (AvgIpc) is 3.34. The molecular weight excluding hydrogens is 368 g/mol. The monoisotopic (exact) mass is 388 g/mol. The van der Waals surface area contributed by atoms with Crippen molar-refractivity contribution in [2.45, 2.75) is 26.3 Å². The van der Waals surface area contributed by atoms with Crippen molar-refractivity contribution in [3.05, 3.63) is 69.9 Å². The van der Waals surface area contributed by atoms with Crippen molar-refractivity contribution in [1.82, 2.24) is 24.4 Å². The van der Waals surface area contributed by atoms with Gasteiger partial charge in [0.15, 0.2) is 5.65 Å². The number of nitriles is 1. The summed E-state index contributed by atoms with van der Waals surface area (Å²) in [4.78, 5) is 16.2. The number of H-pyrrole nitrogens is 1. The van der Waals surface area contributed by atoms with E-state index in [0.717, 1.165) is 16.9 Å². The fourth-order valence-electron chi connectivity index (χ4n) is 3.41. The average molecular weight is 388 g/mol. The molecule has 0 aliphatic carbocycles. The van der Waals surface area contributed by atoms with Crippen LogP contribution in [0, 0.1) is 11.3 Å². The molecule has 0 aliphatic heterocycles. The van der Waals surface area contributed by atoms with E-state index in [-0.39, 0.29) is 11.5 Å². The second kappa shape index (κ2) is 7.28. The normalized spacial score (nSPS) is 11.1. The first-order chi connectivity index (χ1) is 14.0. The Bertz CT molecular complexity index is 1290. The summed E-state index contributed by atoms with van der Waals surface area (Å²) in [6.45, 7) is 4.47. The van der Waals surface area contributed by atoms with Gasteiger partial charge in [-0.2, -0.15) is 20.0 Å². The highest BCUT2D eigenvalue weighted by atomic mass is 16.5. The lowest BCUT2D eigenvalue weighted by Crippen LogP contribution is -2.22. The molecule has 0 saturated carbocycles. The molecule has 8 nitrogen and oxygen atoms in total. The zero-order chi connectivity index (χ0) is 20.5. The molecule has 1 aromatic carbocycles. The molecule has 0 saturated heterocycles. The highest BCUT2D eigenvalue weighted by molar-refractivity contribution is 5.67. The van der Waals surface area contributed by atoms with Gasteiger partial charge in [-0.3, -0.25) is 9.48 Å². The van der Waals surface area contributed by atoms with E-state index in [9.17, 15) is 10.1 Å². The molecule has 0 amide bonds. The van der Waals surface area contributed by atoms with Crippen LogP contribution in [-0.2, 0) is 6.54 Å². The Balaban J connectivity index is 1.79. The maximum atomic E-state index is 13.0. The van der Waals surface area contributed by atoms with Crippen LogP contribution in [0.15, 0.2) is 47.7 Å². The maximum absolute atomic E-state index is 13.0. The van der Waals surface area contributed by atoms with Crippen LogP contribution < -0.4 is 10.3 Å². The SMILES string of the molecule is COc1cccc(Cn2cc(-c3[nH]c4c(C#N)cnn4c(=O)c3C(C)C)cn2)c1. The van der Waals surface area contributed by atoms with Crippen molar-refractivity contribution in [2.24, 2.45) is 0 Å². The van der Waals surface area contributed by atoms with Gasteiger partial charge in [0.05, 0.1) is 31.7 Å². The smallest absolute Gasteiger partial charge is 0.278 e. The van der Waals surface area contributed by atoms with Crippen LogP contribution in [0.4, 0.5) is 0 Å². The number of nitrogens with one attached hydrogen (secondary N) is 1. The quantitative estimate of drug-likeness (QED) is 0.566. The van der Waals surface area contributed by atoms with Gasteiger partial charge in [0.1, 0.15) is 17.4 Å². The number of methoxy groups -OCH3 is 1. The lowest BCUT2D eigenvalue weighted by Gasteiger charge is -2.11. The van der Waals surface area contributed by atoms with Crippen LogP contribution in [0.3, 0.4) is 0 Å². The molecule has 1 N–H and O–H groups in total. The Morgan fingerprint density at radius 1 is 1.28 bits per heavy atom. The largest absolute Gasteiger partial charge is 0.497 e. The summed E-state index contributed by atoms with van der Waals surface area (Å²) < 4.78 is 8.33. The number of aromatic amines is 1. The minimum Gasteiger partial charge on any atom is -0.497 e. The molecule has 3 aromatic heterocycles. The van der Waals surface area contributed by atoms with E-state index >= 15 is 0 Å². The standard InChI is InChI=1S/C21H20N6O2/c1-13(2)18-19(25-20-15(8-22)9-24-27(20)21(18)28)16-10-23-26(12-16)11-14-5-4-6-17(7-14)29-3/h4-7,9-10,12-13,25H,11H2,1-3H3. The molecule has 146 valence electrons. The Labute approximate surface area is 167 Å². The summed E-state index contributed by atoms with van der Waals surface area (Å²) in [6.07, 6.45) is 5.00. The molecule has 8 heteroatoms. The fraction of sp³-hybridized carbons (Fsp3) is 0.238. The zero-order valence-electron chi connectivity index (χ0n) is 16.4. The molecule has 4 rings (SSSR count). The molecule has 29 heavy (non-hydrogen) atoms. The number of ether oxygens (including phenoxy) is 1. The van der Waals surface area contributed by atoms with Crippen LogP contribution in [0.25, 0.3) is 16.9 Å². The van der Waals surface area contributed by atoms with Crippen LogP contribution in [0.2, 0.25) is 0 Å². The van der Waals surface area contributed by atoms with Crippen molar-refractivity contribution in [3.63, 3.8) is 0 Å². The van der Waals surface area contributed by atoms with Crippen molar-refractivity contribution in [2.75, 3.05) is 7.11 Å². The Morgan fingerprint density at radius 2 is 2.10 bits per heavy atom. The molecule has 3 heterocycles. The molecule has 4 aromatic rings. The maximum Gasteiger partial charge on any atom is 0.278 e. The number of rotatable bonds is 5. The van der Waals surface area contributed by atoms with Gasteiger partial charge in [-0.25, -0.2) is 0 Å². The first-order valence-corrected chi connectivity index (χ1v) is 9.21. The van der Waals surface area contributed by atoms with Crippen LogP contribution in [0.5, 0.6) is 5.75 Å². The van der Waals surface area contributed by atoms with E-state index in [1.54, 1.807) is 18.0 Å². The summed E-state index contributed by atoms with van der Waals surface area (Å²) in [6, 6.07) is 9.86. The van der Waals surface area contributed by atoms with Gasteiger partial charge in [0.25, 0.3) is 5.56 Å². The summed E-state index contributed by atoms with van der Waals surface area (Å²) >= 11 is 0. The number of aromatic nitrogens is 5. The van der Waals surface area contributed by atoms with Gasteiger partial charge < -0.3 is 9.72 Å². The third kappa shape index (κ3) is 3.27. The molecule has 0 fully saturated rings. The predicted molar refractivity (Wildman–Crippen MR) is 108 cm³/mol. The van der Waals surface area contributed by atoms with Crippen molar-refractivity contribution < 1.29 is 4.74 Å². The summed E-state index contributed by atoms with van der Waals surface area (Å²) in [5.74, 6) is 0.756. The van der Waals surface area contributed by atoms with Gasteiger partial charge in [-0.1, -0.05) is 26.0 Å². The Kier molecular flexibility index (Phi) is 4.64. The number of nitrogens with zero attached hydrogens (tertiary/aromatic N) is 5. The lowest BCUT2D eigenvalue weighted by molar-refractivity contribution is 0.414. The number of benzene rings is 1. The van der Waals surface area contributed by atoms with Gasteiger partial charge in [-0.15, -0.1) is 0 Å². The lowest BCUT2D eigenvalue weighted by atomic mass is 10.00. The third-order valence-electron chi connectivity index (χ3n) is 4.80. The molecule has 0 radical (unpaired) electrons. The molecule has 0 unspecified atom stereocenters. The second-order valence-electron chi connectivity index (χ2n) is 7.08. The molecule has 0 bridgehead atoms. The Hall–Kier alpha value is -3.86. The minimum atomic E-state index is -0.231. The zero-order valence-corrected chi connectivity index (χ0v) is 16.4. The van der Waals surface area contributed by atoms with Crippen LogP contribution in [-0.4, -0.2) is 31.5 Å². The highest BCUT2D eigenvalue weighted by Gasteiger charge is 2.20. The van der Waals surface area contributed by atoms with E-state index in [0.29, 0.717) is 29.0 Å². The van der Waals surface area contributed by atoms with E-state index in [1.807, 2.05) is 44.3 Å². The second-order valence-corrected chi connectivity index (χ2v) is 7.08. The summed E-state index contributed by atoms with van der Waals surface area (Å²) in [5, 5.41) is 17.8. The first-order valence-electron chi connectivity index (χ1n) is 9.21. The summed E-state index contributed by atoms with van der Waals surface area (Å²) in [7, 11) is 1.64. The highest BCUT2D eigenvalue weighted by Crippen LogP contribution is 2.26. The third-order valence-corrected chi connectivity index (χ3v) is 4.80. The van der Waals surface area contributed by atoms with Crippen molar-refractivity contribution in [3.8, 4) is 23.1 Å². The number of hydrogen-bond acceptors (Lipinski definition) is 5. The van der Waals surface area contributed by atoms with Crippen molar-refractivity contribution >= 4 is 5.65 Å². The number of hydrogen-bond donors (Lipinski definition) is 1. The molecule has 0 spiro atoms. The van der Waals surface area contributed by atoms with Gasteiger partial charge >= 0.3 is 0 Å². The van der Waals surface area contributed by atoms with E-state index in [4.69, 9.17) is 4.74 Å². The minimum absolute atomic E-state index is 0.0328. The van der Waals surface area contributed by atoms with E-state index in [2.05, 4.69) is 21.3 Å². The molecule has 0 atom stereocenters. The van der Waals surface area contributed by atoms with Gasteiger partial charge in [-0.05, 0) is 23.6 Å². The fourth-order valence-corrected chi connectivity index (χ4v) is 3.41. The van der Waals surface area contributed by atoms with E-state index < -0.39 is 0 Å². The molecular formula is C21H20N6O2.